The Morgan fingerprint density at radius 1 is 0.839 bits per heavy atom. The smallest absolute Gasteiger partial charge is 0.550 e. The average molecular weight is 895 g/mol. The van der Waals surface area contributed by atoms with Crippen LogP contribution in [0.2, 0.25) is 0 Å². The SMILES string of the molecule is CO[C@@H]1[C@@H](O)[C@H](C)[C@@](O)(CC(=O)[O-])O[C@H]1[C@H](C)[C@H]1O[C@@]2(CC[C@@](C)([C@H]3CC[C@@](C)([C@@H]4O[C@@H]([C@H]5O[C@](C)(O)[C@H](C)C[C@@H]5C)C[C@@H]4O[C@H]4CC[C@H](OC)[C@@H](C)O4)O3)O2)C[C@H](O)[C@H]1C.[Na+]. The van der Waals surface area contributed by atoms with Crippen molar-refractivity contribution < 1.29 is 107 Å². The zero-order chi connectivity index (χ0) is 44.6. The maximum atomic E-state index is 11.7. The molecule has 4 N–H and O–H groups in total. The maximum Gasteiger partial charge on any atom is 1.00 e. The Labute approximate surface area is 389 Å². The topological polar surface area (TPSA) is 213 Å². The summed E-state index contributed by atoms with van der Waals surface area (Å²) in [6, 6.07) is 0. The van der Waals surface area contributed by atoms with Gasteiger partial charge in [0, 0.05) is 76.0 Å². The van der Waals surface area contributed by atoms with Crippen molar-refractivity contribution in [1.82, 2.24) is 0 Å². The second-order valence-corrected chi connectivity index (χ2v) is 20.7. The van der Waals surface area contributed by atoms with Crippen molar-refractivity contribution in [2.24, 2.45) is 29.6 Å². The Hall–Kier alpha value is -0.0900. The van der Waals surface area contributed by atoms with Crippen LogP contribution in [0.1, 0.15) is 127 Å². The second-order valence-electron chi connectivity index (χ2n) is 20.7. The Morgan fingerprint density at radius 2 is 1.55 bits per heavy atom. The van der Waals surface area contributed by atoms with E-state index in [2.05, 4.69) is 13.8 Å². The number of methoxy groups -OCH3 is 2. The van der Waals surface area contributed by atoms with E-state index in [-0.39, 0.29) is 84.4 Å². The van der Waals surface area contributed by atoms with E-state index in [1.54, 1.807) is 14.0 Å². The number of aliphatic hydroxyl groups excluding tert-OH is 2. The zero-order valence-corrected chi connectivity index (χ0v) is 41.2. The van der Waals surface area contributed by atoms with Gasteiger partial charge in [-0.05, 0) is 65.7 Å². The molecule has 352 valence electrons. The predicted molar refractivity (Wildman–Crippen MR) is 214 cm³/mol. The Bertz CT molecular complexity index is 1540. The molecule has 0 radical (unpaired) electrons. The van der Waals surface area contributed by atoms with Gasteiger partial charge in [0.25, 0.3) is 0 Å². The van der Waals surface area contributed by atoms with E-state index in [4.69, 9.17) is 47.4 Å². The zero-order valence-electron chi connectivity index (χ0n) is 39.2. The molecular weight excluding hydrogens is 819 g/mol. The summed E-state index contributed by atoms with van der Waals surface area (Å²) in [6.07, 6.45) is -2.54. The molecule has 1 spiro atoms. The van der Waals surface area contributed by atoms with Crippen molar-refractivity contribution in [3.63, 3.8) is 0 Å². The van der Waals surface area contributed by atoms with Gasteiger partial charge in [-0.15, -0.1) is 0 Å². The Morgan fingerprint density at radius 3 is 2.19 bits per heavy atom. The van der Waals surface area contributed by atoms with E-state index in [1.165, 1.54) is 14.0 Å². The van der Waals surface area contributed by atoms with E-state index in [9.17, 15) is 30.3 Å². The van der Waals surface area contributed by atoms with Crippen LogP contribution in [0.25, 0.3) is 0 Å². The molecule has 17 heteroatoms. The number of rotatable bonds is 11. The van der Waals surface area contributed by atoms with Crippen LogP contribution in [-0.2, 0) is 52.2 Å². The van der Waals surface area contributed by atoms with Gasteiger partial charge in [0.2, 0.25) is 0 Å². The van der Waals surface area contributed by atoms with Crippen molar-refractivity contribution in [3.05, 3.63) is 0 Å². The number of carbonyl (C=O) groups is 1. The maximum absolute atomic E-state index is 11.7. The standard InChI is InChI=1S/C45H76O16.Na/c1-22-18-23(2)43(9,50)58-36(22)30-19-31(55-34-13-12-29(52-10)27(6)54-34)40(56-30)42(8)15-14-32(57-42)41(7)16-17-44(61-41)20-28(46)24(3)37(59-44)25(4)38-39(53-11)35(49)26(5)45(51,60-38)21-33(47)48;/h22-32,34-40,46,49-51H,12-21H2,1-11H3,(H,47,48);/q;+1/p-1/t22-,23+,24+,25+,26-,27+,28-,29-,30+,31-,32+,34-,35-,36-,37-,38-,39+,40+,41-,42-,43-,44+,45+;/m0./s1. The largest absolute Gasteiger partial charge is 1.00 e. The summed E-state index contributed by atoms with van der Waals surface area (Å²) in [5.74, 6) is -8.06. The first-order chi connectivity index (χ1) is 28.5. The number of ether oxygens (including phenoxy) is 10. The van der Waals surface area contributed by atoms with E-state index in [1.807, 2.05) is 34.6 Å². The summed E-state index contributed by atoms with van der Waals surface area (Å²) in [5.41, 5.74) is -1.58. The van der Waals surface area contributed by atoms with Gasteiger partial charge >= 0.3 is 29.6 Å². The third kappa shape index (κ3) is 9.77. The summed E-state index contributed by atoms with van der Waals surface area (Å²) in [4.78, 5) is 11.7. The third-order valence-electron chi connectivity index (χ3n) is 16.2. The van der Waals surface area contributed by atoms with Crippen molar-refractivity contribution in [3.8, 4) is 0 Å². The summed E-state index contributed by atoms with van der Waals surface area (Å²) < 4.78 is 65.0. The van der Waals surface area contributed by atoms with Crippen LogP contribution in [-0.4, -0.2) is 149 Å². The van der Waals surface area contributed by atoms with Gasteiger partial charge in [0.15, 0.2) is 23.7 Å². The average Bonchev–Trinajstić information content (AvgIpc) is 3.89. The molecule has 0 unspecified atom stereocenters. The molecule has 0 bridgehead atoms. The van der Waals surface area contributed by atoms with Crippen molar-refractivity contribution in [2.75, 3.05) is 14.2 Å². The van der Waals surface area contributed by atoms with Gasteiger partial charge in [-0.2, -0.15) is 0 Å². The summed E-state index contributed by atoms with van der Waals surface area (Å²) in [6.45, 7) is 17.2. The Balaban J connectivity index is 0.00000641. The Kier molecular flexibility index (Phi) is 15.8. The predicted octanol–water partition coefficient (Wildman–Crippen LogP) is -0.293. The van der Waals surface area contributed by atoms with Crippen LogP contribution >= 0.6 is 0 Å². The number of carbonyl (C=O) groups excluding carboxylic acids is 1. The molecule has 7 rings (SSSR count). The molecular formula is C45H75NaO16. The quantitative estimate of drug-likeness (QED) is 0.196. The molecule has 23 atom stereocenters. The second kappa shape index (κ2) is 19.1. The fraction of sp³-hybridized carbons (Fsp3) is 0.978. The molecule has 0 aromatic heterocycles. The number of carboxylic acid groups (broad SMARTS) is 1. The fourth-order valence-electron chi connectivity index (χ4n) is 12.0. The van der Waals surface area contributed by atoms with Crippen LogP contribution in [0.3, 0.4) is 0 Å². The molecule has 16 nitrogen and oxygen atoms in total. The van der Waals surface area contributed by atoms with Gasteiger partial charge in [0.1, 0.15) is 12.2 Å². The molecule has 7 saturated heterocycles. The normalized spacial score (nSPS) is 54.0. The summed E-state index contributed by atoms with van der Waals surface area (Å²) in [5, 5.41) is 57.1. The van der Waals surface area contributed by atoms with Gasteiger partial charge in [-0.1, -0.05) is 34.6 Å². The van der Waals surface area contributed by atoms with Crippen LogP contribution in [0.15, 0.2) is 0 Å². The first kappa shape index (κ1) is 51.3. The molecule has 7 fully saturated rings. The van der Waals surface area contributed by atoms with Crippen LogP contribution in [0, 0.1) is 29.6 Å². The van der Waals surface area contributed by atoms with Crippen molar-refractivity contribution in [1.29, 1.82) is 0 Å². The van der Waals surface area contributed by atoms with Gasteiger partial charge in [-0.25, -0.2) is 0 Å². The molecule has 0 aromatic carbocycles. The minimum absolute atomic E-state index is 0. The van der Waals surface area contributed by atoms with E-state index in [0.29, 0.717) is 38.5 Å². The number of hydrogen-bond donors (Lipinski definition) is 4. The van der Waals surface area contributed by atoms with Crippen LogP contribution in [0.4, 0.5) is 0 Å². The molecule has 7 heterocycles. The first-order valence-corrected chi connectivity index (χ1v) is 22.9. The van der Waals surface area contributed by atoms with E-state index in [0.717, 1.165) is 12.8 Å². The molecule has 0 aromatic rings. The fourth-order valence-corrected chi connectivity index (χ4v) is 12.0. The van der Waals surface area contributed by atoms with Crippen LogP contribution < -0.4 is 34.7 Å². The van der Waals surface area contributed by atoms with E-state index >= 15 is 0 Å². The minimum atomic E-state index is -2.21. The molecule has 0 aliphatic carbocycles. The third-order valence-corrected chi connectivity index (χ3v) is 16.2. The van der Waals surface area contributed by atoms with Crippen molar-refractivity contribution in [2.45, 2.75) is 235 Å². The minimum Gasteiger partial charge on any atom is -0.550 e. The molecule has 7 aliphatic heterocycles. The number of aliphatic hydroxyl groups is 4. The molecule has 0 amide bonds. The monoisotopic (exact) mass is 894 g/mol. The van der Waals surface area contributed by atoms with E-state index < -0.39 is 102 Å². The summed E-state index contributed by atoms with van der Waals surface area (Å²) >= 11 is 0. The summed E-state index contributed by atoms with van der Waals surface area (Å²) in [7, 11) is 3.13. The number of aliphatic carboxylic acids is 1. The number of hydrogen-bond acceptors (Lipinski definition) is 16. The van der Waals surface area contributed by atoms with Crippen LogP contribution in [0.5, 0.6) is 0 Å². The van der Waals surface area contributed by atoms with Gasteiger partial charge in [-0.3, -0.25) is 0 Å². The molecule has 0 saturated carbocycles. The first-order valence-electron chi connectivity index (χ1n) is 22.9. The molecule has 7 aliphatic rings. The van der Waals surface area contributed by atoms with Gasteiger partial charge in [0.05, 0.1) is 72.2 Å². The molecule has 62 heavy (non-hydrogen) atoms. The number of carboxylic acids is 1. The van der Waals surface area contributed by atoms with Crippen molar-refractivity contribution >= 4 is 5.97 Å². The van der Waals surface area contributed by atoms with Gasteiger partial charge < -0.3 is 77.7 Å².